The van der Waals surface area contributed by atoms with Gasteiger partial charge in [0.2, 0.25) is 0 Å². The van der Waals surface area contributed by atoms with Crippen LogP contribution in [0.2, 0.25) is 5.02 Å². The molecule has 0 spiro atoms. The molecule has 2 aromatic heterocycles. The molecule has 2 aromatic rings. The van der Waals surface area contributed by atoms with Gasteiger partial charge in [0.05, 0.1) is 5.02 Å². The number of imidazole rings is 1. The van der Waals surface area contributed by atoms with Crippen LogP contribution < -0.4 is 5.32 Å². The number of halogens is 1. The first-order chi connectivity index (χ1) is 9.78. The third kappa shape index (κ3) is 3.02. The molecule has 1 aliphatic carbocycles. The van der Waals surface area contributed by atoms with Gasteiger partial charge in [-0.05, 0) is 30.9 Å². The largest absolute Gasteiger partial charge is 0.310 e. The number of nitrogens with zero attached hydrogens (tertiary/aromatic N) is 3. The predicted molar refractivity (Wildman–Crippen MR) is 80.2 cm³/mol. The zero-order valence-corrected chi connectivity index (χ0v) is 12.4. The Bertz CT molecular complexity index is 589. The van der Waals surface area contributed by atoms with Crippen LogP contribution >= 0.6 is 11.6 Å². The first-order valence-electron chi connectivity index (χ1n) is 7.18. The number of aryl methyl sites for hydroxylation is 1. The molecule has 0 aromatic carbocycles. The summed E-state index contributed by atoms with van der Waals surface area (Å²) in [7, 11) is 0. The predicted octanol–water partition coefficient (Wildman–Crippen LogP) is 3.13. The van der Waals surface area contributed by atoms with E-state index in [4.69, 9.17) is 11.6 Å². The van der Waals surface area contributed by atoms with Crippen molar-refractivity contribution in [2.75, 3.05) is 0 Å². The van der Waals surface area contributed by atoms with Crippen molar-refractivity contribution in [2.45, 2.75) is 45.2 Å². The van der Waals surface area contributed by atoms with E-state index in [2.05, 4.69) is 22.2 Å². The van der Waals surface area contributed by atoms with Crippen molar-refractivity contribution in [3.8, 4) is 5.82 Å². The number of hydrogen-bond acceptors (Lipinski definition) is 3. The molecule has 0 radical (unpaired) electrons. The van der Waals surface area contributed by atoms with E-state index < -0.39 is 0 Å². The van der Waals surface area contributed by atoms with E-state index in [1.165, 1.54) is 12.8 Å². The number of nitrogens with one attached hydrogen (secondary N) is 1. The second-order valence-corrected chi connectivity index (χ2v) is 5.67. The highest BCUT2D eigenvalue weighted by Gasteiger charge is 2.20. The molecule has 0 atom stereocenters. The van der Waals surface area contributed by atoms with Crippen LogP contribution in [0.15, 0.2) is 24.7 Å². The molecule has 0 bridgehead atoms. The highest BCUT2D eigenvalue weighted by Crippen LogP contribution is 2.23. The van der Waals surface area contributed by atoms with Crippen LogP contribution in [0, 0.1) is 0 Å². The van der Waals surface area contributed by atoms with E-state index >= 15 is 0 Å². The van der Waals surface area contributed by atoms with Crippen LogP contribution in [0.5, 0.6) is 0 Å². The zero-order valence-electron chi connectivity index (χ0n) is 11.6. The highest BCUT2D eigenvalue weighted by atomic mass is 35.5. The molecule has 1 aliphatic rings. The van der Waals surface area contributed by atoms with Gasteiger partial charge >= 0.3 is 0 Å². The van der Waals surface area contributed by atoms with Gasteiger partial charge in [-0.1, -0.05) is 18.5 Å². The maximum absolute atomic E-state index is 6.39. The van der Waals surface area contributed by atoms with Crippen LogP contribution in [-0.2, 0) is 13.0 Å². The van der Waals surface area contributed by atoms with Gasteiger partial charge in [0.15, 0.2) is 5.82 Å². The summed E-state index contributed by atoms with van der Waals surface area (Å²) in [6.45, 7) is 2.98. The lowest BCUT2D eigenvalue weighted by Gasteiger charge is -2.10. The summed E-state index contributed by atoms with van der Waals surface area (Å²) < 4.78 is 1.98. The second-order valence-electron chi connectivity index (χ2n) is 5.27. The maximum Gasteiger partial charge on any atom is 0.156 e. The highest BCUT2D eigenvalue weighted by molar-refractivity contribution is 6.32. The summed E-state index contributed by atoms with van der Waals surface area (Å²) in [5.41, 5.74) is 1.13. The SMILES string of the molecule is CCCc1nccn1-c1ncc(CNC2CC2)cc1Cl. The van der Waals surface area contributed by atoms with E-state index in [1.807, 2.05) is 23.0 Å². The van der Waals surface area contributed by atoms with Gasteiger partial charge < -0.3 is 5.32 Å². The molecule has 2 heterocycles. The van der Waals surface area contributed by atoms with E-state index in [0.717, 1.165) is 36.6 Å². The number of aromatic nitrogens is 3. The lowest BCUT2D eigenvalue weighted by atomic mass is 10.2. The molecule has 4 nitrogen and oxygen atoms in total. The van der Waals surface area contributed by atoms with Gasteiger partial charge in [-0.15, -0.1) is 0 Å². The Hall–Kier alpha value is -1.39. The fraction of sp³-hybridized carbons (Fsp3) is 0.467. The number of hydrogen-bond donors (Lipinski definition) is 1. The molecular weight excluding hydrogens is 272 g/mol. The normalized spacial score (nSPS) is 14.7. The number of rotatable bonds is 6. The van der Waals surface area contributed by atoms with E-state index in [1.54, 1.807) is 6.20 Å². The standard InChI is InChI=1S/C15H19ClN4/c1-2-3-14-17-6-7-20(14)15-13(16)8-11(10-19-15)9-18-12-4-5-12/h6-8,10,12,18H,2-5,9H2,1H3. The van der Waals surface area contributed by atoms with Crippen molar-refractivity contribution in [1.82, 2.24) is 19.9 Å². The minimum Gasteiger partial charge on any atom is -0.310 e. The average Bonchev–Trinajstić information content (AvgIpc) is 3.17. The molecule has 3 rings (SSSR count). The van der Waals surface area contributed by atoms with Crippen molar-refractivity contribution in [1.29, 1.82) is 0 Å². The fourth-order valence-corrected chi connectivity index (χ4v) is 2.51. The Morgan fingerprint density at radius 2 is 2.25 bits per heavy atom. The topological polar surface area (TPSA) is 42.7 Å². The first-order valence-corrected chi connectivity index (χ1v) is 7.56. The van der Waals surface area contributed by atoms with E-state index in [-0.39, 0.29) is 0 Å². The summed E-state index contributed by atoms with van der Waals surface area (Å²) >= 11 is 6.39. The Morgan fingerprint density at radius 3 is 2.95 bits per heavy atom. The second kappa shape index (κ2) is 5.94. The van der Waals surface area contributed by atoms with Crippen LogP contribution in [0.25, 0.3) is 5.82 Å². The molecule has 5 heteroatoms. The lowest BCUT2D eigenvalue weighted by Crippen LogP contribution is -2.15. The molecule has 0 unspecified atom stereocenters. The fourth-order valence-electron chi connectivity index (χ4n) is 2.23. The van der Waals surface area contributed by atoms with E-state index in [9.17, 15) is 0 Å². The molecule has 106 valence electrons. The Labute approximate surface area is 124 Å². The number of pyridine rings is 1. The van der Waals surface area contributed by atoms with Gasteiger partial charge in [-0.25, -0.2) is 9.97 Å². The van der Waals surface area contributed by atoms with Crippen molar-refractivity contribution in [3.05, 3.63) is 41.1 Å². The van der Waals surface area contributed by atoms with Crippen LogP contribution in [0.4, 0.5) is 0 Å². The van der Waals surface area contributed by atoms with Crippen LogP contribution in [0.1, 0.15) is 37.6 Å². The van der Waals surface area contributed by atoms with Crippen molar-refractivity contribution in [2.24, 2.45) is 0 Å². The van der Waals surface area contributed by atoms with E-state index in [0.29, 0.717) is 11.1 Å². The zero-order chi connectivity index (χ0) is 13.9. The summed E-state index contributed by atoms with van der Waals surface area (Å²) in [6, 6.07) is 2.69. The van der Waals surface area contributed by atoms with Crippen LogP contribution in [0.3, 0.4) is 0 Å². The molecule has 20 heavy (non-hydrogen) atoms. The van der Waals surface area contributed by atoms with Crippen molar-refractivity contribution in [3.63, 3.8) is 0 Å². The summed E-state index contributed by atoms with van der Waals surface area (Å²) in [5.74, 6) is 1.77. The van der Waals surface area contributed by atoms with Crippen molar-refractivity contribution < 1.29 is 0 Å². The Kier molecular flexibility index (Phi) is 4.03. The summed E-state index contributed by atoms with van der Waals surface area (Å²) in [6.07, 6.45) is 10.2. The molecule has 1 N–H and O–H groups in total. The van der Waals surface area contributed by atoms with Gasteiger partial charge in [-0.2, -0.15) is 0 Å². The maximum atomic E-state index is 6.39. The third-order valence-corrected chi connectivity index (χ3v) is 3.75. The monoisotopic (exact) mass is 290 g/mol. The first kappa shape index (κ1) is 13.6. The Morgan fingerprint density at radius 1 is 1.40 bits per heavy atom. The van der Waals surface area contributed by atoms with Crippen LogP contribution in [-0.4, -0.2) is 20.6 Å². The molecule has 0 amide bonds. The minimum absolute atomic E-state index is 0.676. The summed E-state index contributed by atoms with van der Waals surface area (Å²) in [5, 5.41) is 4.14. The molecule has 1 saturated carbocycles. The van der Waals surface area contributed by atoms with Gasteiger partial charge in [0.25, 0.3) is 0 Å². The molecule has 0 aliphatic heterocycles. The summed E-state index contributed by atoms with van der Waals surface area (Å²) in [4.78, 5) is 8.88. The van der Waals surface area contributed by atoms with Gasteiger partial charge in [-0.3, -0.25) is 4.57 Å². The minimum atomic E-state index is 0.676. The quantitative estimate of drug-likeness (QED) is 0.889. The smallest absolute Gasteiger partial charge is 0.156 e. The third-order valence-electron chi connectivity index (χ3n) is 3.47. The Balaban J connectivity index is 1.80. The average molecular weight is 291 g/mol. The molecular formula is C15H19ClN4. The van der Waals surface area contributed by atoms with Crippen molar-refractivity contribution >= 4 is 11.6 Å². The molecule has 0 saturated heterocycles. The van der Waals surface area contributed by atoms with Gasteiger partial charge in [0.1, 0.15) is 5.82 Å². The van der Waals surface area contributed by atoms with Gasteiger partial charge in [0, 0.05) is 37.6 Å². The lowest BCUT2D eigenvalue weighted by molar-refractivity contribution is 0.685. The molecule has 1 fully saturated rings.